The molecule has 152 valence electrons. The lowest BCUT2D eigenvalue weighted by Gasteiger charge is -2.19. The highest BCUT2D eigenvalue weighted by Crippen LogP contribution is 2.38. The Bertz CT molecular complexity index is 1120. The molecule has 2 aliphatic carbocycles. The maximum atomic E-state index is 12.9. The quantitative estimate of drug-likeness (QED) is 0.633. The van der Waals surface area contributed by atoms with Crippen molar-refractivity contribution < 1.29 is 13.2 Å². The van der Waals surface area contributed by atoms with Gasteiger partial charge in [-0.3, -0.25) is 14.2 Å². The van der Waals surface area contributed by atoms with Gasteiger partial charge in [0.2, 0.25) is 0 Å². The molecule has 1 aliphatic heterocycles. The number of fused-ring (bicyclic) bond motifs is 3. The molecular weight excluding hydrogens is 410 g/mol. The van der Waals surface area contributed by atoms with Crippen LogP contribution in [0.4, 0.5) is 5.69 Å². The minimum absolute atomic E-state index is 0.00978. The summed E-state index contributed by atoms with van der Waals surface area (Å²) in [4.78, 5) is 12.0. The molecule has 0 radical (unpaired) electrons. The van der Waals surface area contributed by atoms with E-state index in [1.54, 1.807) is 0 Å². The van der Waals surface area contributed by atoms with E-state index in [9.17, 15) is 13.2 Å². The zero-order valence-electron chi connectivity index (χ0n) is 15.7. The Hall–Kier alpha value is -2.46. The number of hydrogen-bond acceptors (Lipinski definition) is 5. The molecule has 0 atom stereocenters. The van der Waals surface area contributed by atoms with E-state index in [1.165, 1.54) is 33.1 Å². The lowest BCUT2D eigenvalue weighted by Crippen LogP contribution is -2.39. The van der Waals surface area contributed by atoms with Crippen LogP contribution in [0.3, 0.4) is 0 Å². The molecule has 1 aromatic carbocycles. The number of carbonyl (C=O) groups excluding carboxylic acids is 1. The first-order valence-corrected chi connectivity index (χ1v) is 11.7. The summed E-state index contributed by atoms with van der Waals surface area (Å²) in [6, 6.07) is 2.31. The lowest BCUT2D eigenvalue weighted by atomic mass is 9.99. The number of aryl methyl sites for hydroxylation is 2. The number of sulfonamides is 1. The van der Waals surface area contributed by atoms with Crippen molar-refractivity contribution in [2.75, 3.05) is 11.9 Å². The van der Waals surface area contributed by atoms with E-state index in [0.717, 1.165) is 44.2 Å². The normalized spacial score (nSPS) is 17.3. The zero-order valence-corrected chi connectivity index (χ0v) is 17.4. The molecule has 3 aliphatic rings. The summed E-state index contributed by atoms with van der Waals surface area (Å²) in [5.41, 5.74) is 6.16. The van der Waals surface area contributed by atoms with Crippen LogP contribution in [-0.4, -0.2) is 35.8 Å². The SMILES string of the molecule is O=C1NCCn2ncc(S(=O)(=O)NC(=S)Nc3c4c(cc5c3CCC5)CCC4)c21. The average molecular weight is 432 g/mol. The van der Waals surface area contributed by atoms with Gasteiger partial charge in [0.05, 0.1) is 12.7 Å². The summed E-state index contributed by atoms with van der Waals surface area (Å²) < 4.78 is 29.6. The highest BCUT2D eigenvalue weighted by Gasteiger charge is 2.31. The van der Waals surface area contributed by atoms with Gasteiger partial charge in [-0.05, 0) is 73.0 Å². The molecule has 10 heteroatoms. The Labute approximate surface area is 174 Å². The fourth-order valence-electron chi connectivity index (χ4n) is 4.61. The summed E-state index contributed by atoms with van der Waals surface area (Å²) in [5, 5.41) is 9.85. The predicted molar refractivity (Wildman–Crippen MR) is 112 cm³/mol. The second kappa shape index (κ2) is 6.81. The number of amides is 1. The van der Waals surface area contributed by atoms with Gasteiger partial charge >= 0.3 is 0 Å². The Morgan fingerprint density at radius 2 is 1.83 bits per heavy atom. The van der Waals surface area contributed by atoms with Crippen molar-refractivity contribution in [1.82, 2.24) is 19.8 Å². The van der Waals surface area contributed by atoms with Crippen molar-refractivity contribution in [2.24, 2.45) is 0 Å². The second-order valence-corrected chi connectivity index (χ2v) is 9.69. The van der Waals surface area contributed by atoms with Gasteiger partial charge in [-0.25, -0.2) is 8.42 Å². The standard InChI is InChI=1S/C19H21N5O3S2/c25-18-17-15(10-21-24(17)8-7-20-18)29(26,27)23-19(28)22-16-13-5-1-3-11(13)9-12-4-2-6-14(12)16/h9-10H,1-8H2,(H,20,25)(H2,22,23,28). The summed E-state index contributed by atoms with van der Waals surface area (Å²) in [6.07, 6.45) is 7.44. The number of hydrogen-bond donors (Lipinski definition) is 3. The first kappa shape index (κ1) is 18.6. The molecule has 0 saturated heterocycles. The van der Waals surface area contributed by atoms with Gasteiger partial charge in [0.15, 0.2) is 5.11 Å². The molecule has 0 saturated carbocycles. The van der Waals surface area contributed by atoms with Crippen LogP contribution in [0.2, 0.25) is 0 Å². The fraction of sp³-hybridized carbons (Fsp3) is 0.421. The molecule has 3 N–H and O–H groups in total. The van der Waals surface area contributed by atoms with Crippen molar-refractivity contribution in [3.8, 4) is 0 Å². The van der Waals surface area contributed by atoms with Gasteiger partial charge < -0.3 is 10.6 Å². The zero-order chi connectivity index (χ0) is 20.2. The van der Waals surface area contributed by atoms with Gasteiger partial charge in [-0.2, -0.15) is 5.10 Å². The Kier molecular flexibility index (Phi) is 4.36. The number of rotatable bonds is 3. The molecule has 5 rings (SSSR count). The van der Waals surface area contributed by atoms with E-state index in [0.29, 0.717) is 13.1 Å². The summed E-state index contributed by atoms with van der Waals surface area (Å²) in [6.45, 7) is 0.853. The number of anilines is 1. The molecule has 2 heterocycles. The monoisotopic (exact) mass is 431 g/mol. The molecule has 0 fully saturated rings. The van der Waals surface area contributed by atoms with Crippen LogP contribution in [0.5, 0.6) is 0 Å². The van der Waals surface area contributed by atoms with Crippen molar-refractivity contribution in [3.63, 3.8) is 0 Å². The Balaban J connectivity index is 1.43. The van der Waals surface area contributed by atoms with E-state index in [-0.39, 0.29) is 15.7 Å². The molecule has 2 aromatic rings. The second-order valence-electron chi connectivity index (χ2n) is 7.63. The largest absolute Gasteiger partial charge is 0.349 e. The number of benzene rings is 1. The van der Waals surface area contributed by atoms with Gasteiger partial charge in [0.25, 0.3) is 15.9 Å². The van der Waals surface area contributed by atoms with Crippen LogP contribution < -0.4 is 15.4 Å². The fourth-order valence-corrected chi connectivity index (χ4v) is 6.08. The summed E-state index contributed by atoms with van der Waals surface area (Å²) in [5.74, 6) is -0.452. The third-order valence-corrected chi connectivity index (χ3v) is 7.54. The topological polar surface area (TPSA) is 105 Å². The lowest BCUT2D eigenvalue weighted by molar-refractivity contribution is 0.0920. The van der Waals surface area contributed by atoms with Gasteiger partial charge in [0, 0.05) is 12.2 Å². The van der Waals surface area contributed by atoms with Gasteiger partial charge in [0.1, 0.15) is 10.6 Å². The highest BCUT2D eigenvalue weighted by atomic mass is 32.2. The Morgan fingerprint density at radius 3 is 2.52 bits per heavy atom. The minimum Gasteiger partial charge on any atom is -0.349 e. The van der Waals surface area contributed by atoms with Crippen molar-refractivity contribution in [1.29, 1.82) is 0 Å². The molecular formula is C19H21N5O3S2. The third kappa shape index (κ3) is 3.10. The van der Waals surface area contributed by atoms with Crippen molar-refractivity contribution in [2.45, 2.75) is 50.0 Å². The van der Waals surface area contributed by atoms with E-state index in [1.807, 2.05) is 0 Å². The van der Waals surface area contributed by atoms with E-state index < -0.39 is 15.9 Å². The van der Waals surface area contributed by atoms with Gasteiger partial charge in [-0.1, -0.05) is 6.07 Å². The predicted octanol–water partition coefficient (Wildman–Crippen LogP) is 1.28. The molecule has 29 heavy (non-hydrogen) atoms. The van der Waals surface area contributed by atoms with Crippen LogP contribution in [0.1, 0.15) is 45.6 Å². The number of nitrogens with zero attached hydrogens (tertiary/aromatic N) is 2. The first-order valence-electron chi connectivity index (χ1n) is 9.78. The highest BCUT2D eigenvalue weighted by molar-refractivity contribution is 7.92. The molecule has 1 aromatic heterocycles. The summed E-state index contributed by atoms with van der Waals surface area (Å²) >= 11 is 5.36. The molecule has 1 amide bonds. The summed E-state index contributed by atoms with van der Waals surface area (Å²) in [7, 11) is -4.04. The first-order chi connectivity index (χ1) is 13.9. The molecule has 8 nitrogen and oxygen atoms in total. The number of thiocarbonyl (C=S) groups is 1. The van der Waals surface area contributed by atoms with E-state index >= 15 is 0 Å². The van der Waals surface area contributed by atoms with Crippen LogP contribution in [0, 0.1) is 0 Å². The maximum Gasteiger partial charge on any atom is 0.271 e. The molecule has 0 bridgehead atoms. The van der Waals surface area contributed by atoms with Crippen molar-refractivity contribution >= 4 is 38.9 Å². The minimum atomic E-state index is -4.04. The third-order valence-electron chi connectivity index (χ3n) is 5.86. The maximum absolute atomic E-state index is 12.9. The Morgan fingerprint density at radius 1 is 1.14 bits per heavy atom. The van der Waals surface area contributed by atoms with Crippen LogP contribution in [-0.2, 0) is 42.3 Å². The van der Waals surface area contributed by atoms with E-state index in [2.05, 4.69) is 26.5 Å². The number of carbonyl (C=O) groups is 1. The van der Waals surface area contributed by atoms with Crippen LogP contribution in [0.25, 0.3) is 0 Å². The van der Waals surface area contributed by atoms with Crippen LogP contribution in [0.15, 0.2) is 17.2 Å². The van der Waals surface area contributed by atoms with E-state index in [4.69, 9.17) is 12.2 Å². The number of nitrogens with one attached hydrogen (secondary N) is 3. The van der Waals surface area contributed by atoms with Crippen LogP contribution >= 0.6 is 12.2 Å². The average Bonchev–Trinajstić information content (AvgIpc) is 3.40. The van der Waals surface area contributed by atoms with Gasteiger partial charge in [-0.15, -0.1) is 0 Å². The molecule has 0 spiro atoms. The molecule has 0 unspecified atom stereocenters. The van der Waals surface area contributed by atoms with Crippen molar-refractivity contribution in [3.05, 3.63) is 40.2 Å². The smallest absolute Gasteiger partial charge is 0.271 e. The number of aromatic nitrogens is 2.